The second-order valence-corrected chi connectivity index (χ2v) is 5.09. The van der Waals surface area contributed by atoms with Gasteiger partial charge in [-0.15, -0.1) is 24.8 Å². The van der Waals surface area contributed by atoms with Gasteiger partial charge in [-0.2, -0.15) is 0 Å². The maximum Gasteiger partial charge on any atom is 0.239 e. The van der Waals surface area contributed by atoms with Gasteiger partial charge in [-0.3, -0.25) is 4.79 Å². The normalized spacial score (nSPS) is 23.1. The Bertz CT molecular complexity index is 250. The van der Waals surface area contributed by atoms with E-state index in [0.29, 0.717) is 6.04 Å². The minimum Gasteiger partial charge on any atom is -0.341 e. The summed E-state index contributed by atoms with van der Waals surface area (Å²) in [6, 6.07) is 0.364. The van der Waals surface area contributed by atoms with E-state index in [1.54, 1.807) is 6.92 Å². The Hall–Kier alpha value is -0.0300. The predicted octanol–water partition coefficient (Wildman–Crippen LogP) is 1.26. The van der Waals surface area contributed by atoms with Crippen LogP contribution in [0.25, 0.3) is 0 Å². The van der Waals surface area contributed by atoms with E-state index in [1.807, 2.05) is 4.90 Å². The highest BCUT2D eigenvalue weighted by atomic mass is 35.5. The van der Waals surface area contributed by atoms with Crippen molar-refractivity contribution < 1.29 is 4.79 Å². The lowest BCUT2D eigenvalue weighted by Gasteiger charge is -2.37. The zero-order chi connectivity index (χ0) is 11.5. The van der Waals surface area contributed by atoms with Crippen molar-refractivity contribution >= 4 is 30.7 Å². The summed E-state index contributed by atoms with van der Waals surface area (Å²) in [5.74, 6) is 0.111. The molecule has 2 aliphatic rings. The van der Waals surface area contributed by atoms with Crippen molar-refractivity contribution in [2.45, 2.75) is 44.7 Å². The number of carbonyl (C=O) groups excluding carboxylic acids is 1. The van der Waals surface area contributed by atoms with Crippen LogP contribution in [0.15, 0.2) is 0 Å². The molecule has 2 fully saturated rings. The summed E-state index contributed by atoms with van der Waals surface area (Å²) in [7, 11) is 0. The van der Waals surface area contributed by atoms with Crippen molar-refractivity contribution in [1.29, 1.82) is 0 Å². The van der Waals surface area contributed by atoms with Gasteiger partial charge in [-0.05, 0) is 45.7 Å². The minimum absolute atomic E-state index is 0. The summed E-state index contributed by atoms with van der Waals surface area (Å²) in [6.07, 6.45) is 4.94. The molecule has 0 saturated carbocycles. The van der Waals surface area contributed by atoms with Gasteiger partial charge in [0.25, 0.3) is 0 Å². The van der Waals surface area contributed by atoms with Crippen molar-refractivity contribution in [1.82, 2.24) is 9.80 Å². The van der Waals surface area contributed by atoms with E-state index in [2.05, 4.69) is 4.90 Å². The molecule has 2 heterocycles. The lowest BCUT2D eigenvalue weighted by molar-refractivity contribution is -0.133. The summed E-state index contributed by atoms with van der Waals surface area (Å²) in [4.78, 5) is 16.2. The van der Waals surface area contributed by atoms with Crippen molar-refractivity contribution in [3.63, 3.8) is 0 Å². The zero-order valence-electron chi connectivity index (χ0n) is 11.0. The smallest absolute Gasteiger partial charge is 0.239 e. The lowest BCUT2D eigenvalue weighted by atomic mass is 10.0. The molecular formula is C12H25Cl2N3O. The van der Waals surface area contributed by atoms with Crippen molar-refractivity contribution in [3.8, 4) is 0 Å². The Morgan fingerprint density at radius 1 is 1.11 bits per heavy atom. The molecule has 0 spiro atoms. The van der Waals surface area contributed by atoms with Crippen LogP contribution in [-0.4, -0.2) is 54.0 Å². The monoisotopic (exact) mass is 297 g/mol. The molecule has 2 saturated heterocycles. The third-order valence-electron chi connectivity index (χ3n) is 3.82. The van der Waals surface area contributed by atoms with Crippen LogP contribution in [0.3, 0.4) is 0 Å². The van der Waals surface area contributed by atoms with Crippen LogP contribution in [0.4, 0.5) is 0 Å². The van der Waals surface area contributed by atoms with Gasteiger partial charge in [0.15, 0.2) is 0 Å². The van der Waals surface area contributed by atoms with Gasteiger partial charge in [0.05, 0.1) is 6.04 Å². The fourth-order valence-corrected chi connectivity index (χ4v) is 2.85. The first kappa shape index (κ1) is 18.0. The average molecular weight is 298 g/mol. The third kappa shape index (κ3) is 4.26. The van der Waals surface area contributed by atoms with Gasteiger partial charge < -0.3 is 15.5 Å². The van der Waals surface area contributed by atoms with Gasteiger partial charge in [0, 0.05) is 19.1 Å². The van der Waals surface area contributed by atoms with Crippen LogP contribution in [-0.2, 0) is 4.79 Å². The van der Waals surface area contributed by atoms with E-state index in [0.717, 1.165) is 25.9 Å². The SMILES string of the molecule is C[C@@H](N)C(=O)N1CCC(N2CCCC2)CC1.Cl.Cl. The molecule has 1 amide bonds. The number of rotatable bonds is 2. The van der Waals surface area contributed by atoms with E-state index in [9.17, 15) is 4.79 Å². The molecule has 6 heteroatoms. The number of halogens is 2. The first-order chi connectivity index (χ1) is 7.68. The van der Waals surface area contributed by atoms with E-state index in [1.165, 1.54) is 25.9 Å². The number of likely N-dealkylation sites (tertiary alicyclic amines) is 2. The molecule has 0 aromatic rings. The number of nitrogens with two attached hydrogens (primary N) is 1. The fourth-order valence-electron chi connectivity index (χ4n) is 2.85. The molecule has 0 aromatic carbocycles. The molecule has 4 nitrogen and oxygen atoms in total. The number of piperidine rings is 1. The van der Waals surface area contributed by atoms with Crippen molar-refractivity contribution in [2.75, 3.05) is 26.2 Å². The van der Waals surface area contributed by atoms with E-state index >= 15 is 0 Å². The molecule has 0 unspecified atom stereocenters. The first-order valence-corrected chi connectivity index (χ1v) is 6.47. The Kier molecular flexibility index (Phi) is 8.19. The predicted molar refractivity (Wildman–Crippen MR) is 78.6 cm³/mol. The number of hydrogen-bond donors (Lipinski definition) is 1. The van der Waals surface area contributed by atoms with Gasteiger partial charge in [0.1, 0.15) is 0 Å². The highest BCUT2D eigenvalue weighted by Crippen LogP contribution is 2.21. The molecule has 2 N–H and O–H groups in total. The second-order valence-electron chi connectivity index (χ2n) is 5.09. The van der Waals surface area contributed by atoms with E-state index < -0.39 is 0 Å². The molecule has 0 aliphatic carbocycles. The van der Waals surface area contributed by atoms with Crippen LogP contribution < -0.4 is 5.73 Å². The average Bonchev–Trinajstić information content (AvgIpc) is 2.81. The Morgan fingerprint density at radius 3 is 2.06 bits per heavy atom. The number of hydrogen-bond acceptors (Lipinski definition) is 3. The van der Waals surface area contributed by atoms with Gasteiger partial charge >= 0.3 is 0 Å². The summed E-state index contributed by atoms with van der Waals surface area (Å²) in [5, 5.41) is 0. The lowest BCUT2D eigenvalue weighted by Crippen LogP contribution is -2.49. The van der Waals surface area contributed by atoms with E-state index in [4.69, 9.17) is 5.73 Å². The topological polar surface area (TPSA) is 49.6 Å². The number of amides is 1. The summed E-state index contributed by atoms with van der Waals surface area (Å²) < 4.78 is 0. The van der Waals surface area contributed by atoms with Gasteiger partial charge in [-0.25, -0.2) is 0 Å². The number of carbonyl (C=O) groups is 1. The molecule has 18 heavy (non-hydrogen) atoms. The Balaban J connectivity index is 0.00000144. The van der Waals surface area contributed by atoms with Crippen LogP contribution in [0.1, 0.15) is 32.6 Å². The summed E-state index contributed by atoms with van der Waals surface area (Å²) in [5.41, 5.74) is 5.62. The van der Waals surface area contributed by atoms with Crippen molar-refractivity contribution in [3.05, 3.63) is 0 Å². The van der Waals surface area contributed by atoms with Crippen molar-refractivity contribution in [2.24, 2.45) is 5.73 Å². The quantitative estimate of drug-likeness (QED) is 0.835. The standard InChI is InChI=1S/C12H23N3O.2ClH/c1-10(13)12(16)15-8-4-11(5-9-15)14-6-2-3-7-14;;/h10-11H,2-9,13H2,1H3;2*1H/t10-;;/m1../s1. The zero-order valence-corrected chi connectivity index (χ0v) is 12.6. The largest absolute Gasteiger partial charge is 0.341 e. The second kappa shape index (κ2) is 8.20. The maximum atomic E-state index is 11.7. The molecule has 108 valence electrons. The third-order valence-corrected chi connectivity index (χ3v) is 3.82. The van der Waals surface area contributed by atoms with E-state index in [-0.39, 0.29) is 36.8 Å². The van der Waals surface area contributed by atoms with Crippen LogP contribution in [0, 0.1) is 0 Å². The molecule has 2 aliphatic heterocycles. The Morgan fingerprint density at radius 2 is 1.61 bits per heavy atom. The molecule has 0 bridgehead atoms. The Labute approximate surface area is 122 Å². The summed E-state index contributed by atoms with van der Waals surface area (Å²) in [6.45, 7) is 6.07. The highest BCUT2D eigenvalue weighted by molar-refractivity contribution is 5.85. The molecule has 0 aromatic heterocycles. The van der Waals surface area contributed by atoms with Gasteiger partial charge in [-0.1, -0.05) is 0 Å². The van der Waals surface area contributed by atoms with Gasteiger partial charge in [0.2, 0.25) is 5.91 Å². The number of nitrogens with zero attached hydrogens (tertiary/aromatic N) is 2. The van der Waals surface area contributed by atoms with Crippen LogP contribution in [0.2, 0.25) is 0 Å². The highest BCUT2D eigenvalue weighted by Gasteiger charge is 2.28. The molecule has 2 rings (SSSR count). The van der Waals surface area contributed by atoms with Crippen LogP contribution in [0.5, 0.6) is 0 Å². The maximum absolute atomic E-state index is 11.7. The first-order valence-electron chi connectivity index (χ1n) is 6.47. The molecular weight excluding hydrogens is 273 g/mol. The minimum atomic E-state index is -0.344. The molecule has 1 atom stereocenters. The fraction of sp³-hybridized carbons (Fsp3) is 0.917. The molecule has 0 radical (unpaired) electrons. The van der Waals surface area contributed by atoms with Crippen LogP contribution >= 0.6 is 24.8 Å². The summed E-state index contributed by atoms with van der Waals surface area (Å²) >= 11 is 0.